The van der Waals surface area contributed by atoms with Crippen LogP contribution in [0, 0.1) is 42.3 Å². The molecular weight excluding hydrogens is 1910 g/mol. The zero-order valence-corrected chi connectivity index (χ0v) is 44.5. The molecule has 0 aromatic heterocycles. The van der Waals surface area contributed by atoms with Gasteiger partial charge < -0.3 is 34.4 Å². The van der Waals surface area contributed by atoms with Crippen molar-refractivity contribution in [1.82, 2.24) is 0 Å². The van der Waals surface area contributed by atoms with Gasteiger partial charge >= 0.3 is 176 Å². The predicted octanol–water partition coefficient (Wildman–Crippen LogP) is -6.78. The fourth-order valence-electron chi connectivity index (χ4n) is 0. The van der Waals surface area contributed by atoms with Gasteiger partial charge in [0.05, 0.1) is 0 Å². The van der Waals surface area contributed by atoms with Gasteiger partial charge in [0.1, 0.15) is 0 Å². The molecule has 0 fully saturated rings. The molecule has 12 N–H and O–H groups in total. The van der Waals surface area contributed by atoms with Crippen LogP contribution in [-0.2, 0) is 121 Å². The summed E-state index contributed by atoms with van der Waals surface area (Å²) in [5.41, 5.74) is 25.5. The van der Waals surface area contributed by atoms with Crippen molar-refractivity contribution in [3.63, 3.8) is 0 Å². The van der Waals surface area contributed by atoms with Crippen LogP contribution in [0.25, 0.3) is 0 Å². The fourth-order valence-corrected chi connectivity index (χ4v) is 0. The molecule has 26 heavy (non-hydrogen) atoms. The topological polar surface area (TPSA) is 156 Å². The van der Waals surface area contributed by atoms with Crippen LogP contribution in [0.4, 0.5) is 0 Å². The van der Waals surface area contributed by atoms with E-state index in [2.05, 4.69) is 76.7 Å². The van der Waals surface area contributed by atoms with Crippen LogP contribution in [0.15, 0.2) is 0 Å². The summed E-state index contributed by atoms with van der Waals surface area (Å²) in [7, 11) is 16.5. The maximum atomic E-state index is 4.25. The number of hydrogen-bond donors (Lipinski definition) is 6. The Morgan fingerprint density at radius 3 is 0.231 bits per heavy atom. The SMILES string of the molecule is [CH2-]N.[CH2-]N.[CH2-]N.[CH2-]N.[CH2-]N.[CH2-]N.[Os+].[Os+].[Re].[Re].[Re].[Re].[SeH].[SeH].[SeH].[SeH].[SeH].[SeH].[SeH].[SeH]. The van der Waals surface area contributed by atoms with Gasteiger partial charge in [-0.1, -0.05) is 0 Å². The third-order valence-electron chi connectivity index (χ3n) is 0. The Morgan fingerprint density at radius 2 is 0.231 bits per heavy atom. The van der Waals surface area contributed by atoms with E-state index in [9.17, 15) is 0 Å². The van der Waals surface area contributed by atoms with E-state index in [0.29, 0.717) is 0 Å². The van der Waals surface area contributed by atoms with Gasteiger partial charge in [0.15, 0.2) is 0 Å². The molecule has 0 unspecified atom stereocenters. The van der Waals surface area contributed by atoms with Crippen molar-refractivity contribution in [3.05, 3.63) is 42.3 Å². The second-order valence-electron chi connectivity index (χ2n) is 0. The Morgan fingerprint density at radius 1 is 0.231 bits per heavy atom. The van der Waals surface area contributed by atoms with Crippen molar-refractivity contribution in [2.24, 2.45) is 34.4 Å². The van der Waals surface area contributed by atoms with E-state index in [-0.39, 0.29) is 258 Å². The Bertz CT molecular complexity index is 57.2. The average molecular weight is 1950 g/mol. The molecule has 0 heterocycles. The van der Waals surface area contributed by atoms with Gasteiger partial charge in [-0.2, -0.15) is 0 Å². The normalized spacial score (nSPS) is 1.38. The van der Waals surface area contributed by atoms with E-state index in [0.717, 1.165) is 0 Å². The van der Waals surface area contributed by atoms with Gasteiger partial charge in [0.25, 0.3) is 0 Å². The standard InChI is InChI=1S/6CH4N.2Os.4Re.8HSe/c6*1-2;;;;;;;;;;;;;;/h6*1-2H2;;;;;;;8*1H/q6*-1;2*+1;;;;;;;;;;;;. The van der Waals surface area contributed by atoms with Crippen molar-refractivity contribution >= 4 is 137 Å². The number of nitrogens with two attached hydrogens (primary N) is 6. The van der Waals surface area contributed by atoms with E-state index in [4.69, 9.17) is 0 Å². The van der Waals surface area contributed by atoms with Crippen LogP contribution in [0.3, 0.4) is 0 Å². The molecular formula is C6H32N6Os2Re4Se8-4. The third-order valence-corrected chi connectivity index (χ3v) is 0. The molecule has 0 aliphatic carbocycles. The maximum absolute atomic E-state index is 4.25. The molecule has 0 aromatic carbocycles. The van der Waals surface area contributed by atoms with E-state index < -0.39 is 0 Å². The first-order valence-corrected chi connectivity index (χ1v) is 2.45. The first-order valence-electron chi connectivity index (χ1n) is 2.45. The molecule has 0 rings (SSSR count). The van der Waals surface area contributed by atoms with Crippen LogP contribution < -0.4 is 34.4 Å². The summed E-state index contributed by atoms with van der Waals surface area (Å²) in [6.07, 6.45) is 0. The monoisotopic (exact) mass is 1960 g/mol. The molecule has 0 bridgehead atoms. The number of rotatable bonds is 0. The van der Waals surface area contributed by atoms with Crippen LogP contribution in [0.1, 0.15) is 0 Å². The van der Waals surface area contributed by atoms with Gasteiger partial charge in [-0.25, -0.2) is 0 Å². The summed E-state index contributed by atoms with van der Waals surface area (Å²) in [6, 6.07) is 0. The number of hydrogen-bond acceptors (Lipinski definition) is 6. The molecule has 6 nitrogen and oxygen atoms in total. The summed E-state index contributed by atoms with van der Waals surface area (Å²) in [5, 5.41) is 0. The first-order chi connectivity index (χ1) is 6.00. The van der Waals surface area contributed by atoms with E-state index >= 15 is 0 Å². The molecule has 0 aliphatic heterocycles. The second kappa shape index (κ2) is 542. The minimum atomic E-state index is 0. The molecule has 0 aromatic rings. The Labute approximate surface area is 328 Å². The molecule has 0 saturated carbocycles. The molecule has 0 saturated heterocycles. The van der Waals surface area contributed by atoms with Crippen molar-refractivity contribution in [2.45, 2.75) is 0 Å². The van der Waals surface area contributed by atoms with Crippen LogP contribution in [0.5, 0.6) is 0 Å². The molecule has 0 amide bonds. The fraction of sp³-hybridized carbons (Fsp3) is 0. The van der Waals surface area contributed by atoms with E-state index in [1.54, 1.807) is 0 Å². The quantitative estimate of drug-likeness (QED) is 0.105. The van der Waals surface area contributed by atoms with E-state index in [1.165, 1.54) is 0 Å². The first kappa shape index (κ1) is 191. The van der Waals surface area contributed by atoms with Crippen molar-refractivity contribution in [2.75, 3.05) is 0 Å². The van der Waals surface area contributed by atoms with Gasteiger partial charge in [-0.15, -0.1) is 0 Å². The summed E-state index contributed by atoms with van der Waals surface area (Å²) in [5.74, 6) is 0. The second-order valence-corrected chi connectivity index (χ2v) is 0. The van der Waals surface area contributed by atoms with Gasteiger partial charge in [0.2, 0.25) is 0 Å². The molecule has 20 heteroatoms. The van der Waals surface area contributed by atoms with Crippen molar-refractivity contribution in [3.8, 4) is 0 Å². The summed E-state index contributed by atoms with van der Waals surface area (Å²) in [4.78, 5) is 0. The molecule has 14 radical (unpaired) electrons. The summed E-state index contributed by atoms with van der Waals surface area (Å²) >= 11 is 0. The van der Waals surface area contributed by atoms with Crippen LogP contribution >= 0.6 is 0 Å². The molecule has 0 atom stereocenters. The van der Waals surface area contributed by atoms with Crippen molar-refractivity contribution in [1.29, 1.82) is 0 Å². The van der Waals surface area contributed by atoms with Gasteiger partial charge in [-0.3, -0.25) is 42.3 Å². The molecule has 182 valence electrons. The zero-order chi connectivity index (χ0) is 12.0. The Kier molecular flexibility index (Phi) is 3970. The van der Waals surface area contributed by atoms with E-state index in [1.807, 2.05) is 0 Å². The van der Waals surface area contributed by atoms with Crippen molar-refractivity contribution < 1.29 is 121 Å². The van der Waals surface area contributed by atoms with Crippen LogP contribution in [0.2, 0.25) is 0 Å². The zero-order valence-electron chi connectivity index (χ0n) is 13.5. The summed E-state index contributed by atoms with van der Waals surface area (Å²) < 4.78 is 0. The minimum absolute atomic E-state index is 0. The predicted molar refractivity (Wildman–Crippen MR) is 114 cm³/mol. The van der Waals surface area contributed by atoms with Crippen LogP contribution in [-0.4, -0.2) is 137 Å². The molecule has 0 spiro atoms. The molecule has 0 aliphatic rings. The average Bonchev–Trinajstić information content (AvgIpc) is 2.33. The summed E-state index contributed by atoms with van der Waals surface area (Å²) in [6.45, 7) is 0. The Hall–Kier alpha value is 7.84. The third kappa shape index (κ3) is 493. The van der Waals surface area contributed by atoms with Gasteiger partial charge in [0, 0.05) is 81.7 Å². The Balaban J connectivity index is -0.000000000833. The van der Waals surface area contributed by atoms with Gasteiger partial charge in [-0.05, 0) is 0 Å².